The van der Waals surface area contributed by atoms with E-state index in [1.807, 2.05) is 0 Å². The molecule has 1 aromatic carbocycles. The summed E-state index contributed by atoms with van der Waals surface area (Å²) < 4.78 is 14.3. The fraction of sp³-hybridized carbons (Fsp3) is 0.0625. The third-order valence-electron chi connectivity index (χ3n) is 3.41. The van der Waals surface area contributed by atoms with E-state index in [9.17, 15) is 24.1 Å². The number of carbonyl (C=O) groups excluding carboxylic acids is 1. The molecule has 0 bridgehead atoms. The van der Waals surface area contributed by atoms with Crippen LogP contribution in [0.5, 0.6) is 0 Å². The number of amides is 1. The van der Waals surface area contributed by atoms with Crippen LogP contribution in [0.2, 0.25) is 0 Å². The highest BCUT2D eigenvalue weighted by molar-refractivity contribution is 7.18. The van der Waals surface area contributed by atoms with Gasteiger partial charge < -0.3 is 4.57 Å². The predicted molar refractivity (Wildman–Crippen MR) is 92.9 cm³/mol. The van der Waals surface area contributed by atoms with Gasteiger partial charge in [-0.15, -0.1) is 0 Å². The Hall–Kier alpha value is -3.40. The molecule has 8 nitrogen and oxygen atoms in total. The molecule has 2 heterocycles. The molecule has 0 unspecified atom stereocenters. The maximum absolute atomic E-state index is 13.0. The first-order valence-corrected chi connectivity index (χ1v) is 8.10. The van der Waals surface area contributed by atoms with Crippen LogP contribution >= 0.6 is 11.3 Å². The molecule has 3 aromatic rings. The van der Waals surface area contributed by atoms with Gasteiger partial charge in [0, 0.05) is 12.3 Å². The first-order chi connectivity index (χ1) is 12.4. The Bertz CT molecular complexity index is 1030. The highest BCUT2D eigenvalue weighted by atomic mass is 32.1. The number of nitrogens with zero attached hydrogens (tertiary/aromatic N) is 3. The number of benzene rings is 1. The van der Waals surface area contributed by atoms with E-state index in [4.69, 9.17) is 0 Å². The Balaban J connectivity index is 1.79. The first-order valence-electron chi connectivity index (χ1n) is 7.29. The minimum Gasteiger partial charge on any atom is -0.310 e. The molecule has 0 radical (unpaired) electrons. The molecule has 132 valence electrons. The van der Waals surface area contributed by atoms with Gasteiger partial charge in [0.1, 0.15) is 12.0 Å². The Morgan fingerprint density at radius 3 is 2.65 bits per heavy atom. The molecule has 0 atom stereocenters. The predicted octanol–water partition coefficient (Wildman–Crippen LogP) is 2.65. The second-order valence-corrected chi connectivity index (χ2v) is 6.23. The fourth-order valence-electron chi connectivity index (χ4n) is 2.15. The zero-order valence-corrected chi connectivity index (χ0v) is 13.9. The standard InChI is InChI=1S/C16H11FN4O4S/c17-12-4-1-10(2-5-12)8-20-9-11(3-6-13(20)22)15(23)19-16-18-7-14(26-16)21(24)25/h1-7,9H,8H2,(H,18,19,23). The summed E-state index contributed by atoms with van der Waals surface area (Å²) in [7, 11) is 0. The van der Waals surface area contributed by atoms with E-state index in [0.717, 1.165) is 17.5 Å². The molecule has 0 aliphatic heterocycles. The number of hydrogen-bond donors (Lipinski definition) is 1. The summed E-state index contributed by atoms with van der Waals surface area (Å²) in [4.78, 5) is 38.1. The second kappa shape index (κ2) is 7.23. The molecular formula is C16H11FN4O4S. The number of pyridine rings is 1. The summed E-state index contributed by atoms with van der Waals surface area (Å²) in [6.07, 6.45) is 2.42. The lowest BCUT2D eigenvalue weighted by Crippen LogP contribution is -2.22. The van der Waals surface area contributed by atoms with Crippen LogP contribution < -0.4 is 10.9 Å². The molecule has 10 heteroatoms. The average Bonchev–Trinajstić information content (AvgIpc) is 3.07. The maximum Gasteiger partial charge on any atom is 0.345 e. The minimum absolute atomic E-state index is 0.0815. The number of carbonyl (C=O) groups is 1. The number of nitrogens with one attached hydrogen (secondary N) is 1. The normalized spacial score (nSPS) is 10.5. The molecule has 0 fully saturated rings. The van der Waals surface area contributed by atoms with Crippen molar-refractivity contribution in [2.75, 3.05) is 5.32 Å². The van der Waals surface area contributed by atoms with Gasteiger partial charge in [-0.2, -0.15) is 0 Å². The number of nitro groups is 1. The van der Waals surface area contributed by atoms with Crippen molar-refractivity contribution in [2.24, 2.45) is 0 Å². The molecule has 0 saturated carbocycles. The number of anilines is 1. The van der Waals surface area contributed by atoms with Crippen molar-refractivity contribution in [2.45, 2.75) is 6.54 Å². The number of rotatable bonds is 5. The number of thiazole rings is 1. The van der Waals surface area contributed by atoms with Crippen LogP contribution in [0, 0.1) is 15.9 Å². The highest BCUT2D eigenvalue weighted by Gasteiger charge is 2.15. The summed E-state index contributed by atoms with van der Waals surface area (Å²) >= 11 is 0.729. The lowest BCUT2D eigenvalue weighted by atomic mass is 10.2. The molecule has 0 aliphatic rings. The van der Waals surface area contributed by atoms with Gasteiger partial charge in [-0.05, 0) is 35.1 Å². The topological polar surface area (TPSA) is 107 Å². The SMILES string of the molecule is O=C(Nc1ncc([N+](=O)[O-])s1)c1ccc(=O)n(Cc2ccc(F)cc2)c1. The number of halogens is 1. The van der Waals surface area contributed by atoms with E-state index >= 15 is 0 Å². The van der Waals surface area contributed by atoms with E-state index in [-0.39, 0.29) is 33.6 Å². The quantitative estimate of drug-likeness (QED) is 0.546. The summed E-state index contributed by atoms with van der Waals surface area (Å²) in [5, 5.41) is 13.0. The van der Waals surface area contributed by atoms with E-state index in [1.165, 1.54) is 35.0 Å². The van der Waals surface area contributed by atoms with Gasteiger partial charge in [0.05, 0.1) is 17.0 Å². The summed E-state index contributed by atoms with van der Waals surface area (Å²) in [5.74, 6) is -0.936. The van der Waals surface area contributed by atoms with E-state index in [0.29, 0.717) is 5.56 Å². The minimum atomic E-state index is -0.601. The zero-order valence-electron chi connectivity index (χ0n) is 13.1. The van der Waals surface area contributed by atoms with Crippen LogP contribution in [-0.4, -0.2) is 20.4 Å². The van der Waals surface area contributed by atoms with Crippen LogP contribution in [0.4, 0.5) is 14.5 Å². The summed E-state index contributed by atoms with van der Waals surface area (Å²) in [6, 6.07) is 8.24. The van der Waals surface area contributed by atoms with Crippen molar-refractivity contribution in [1.82, 2.24) is 9.55 Å². The van der Waals surface area contributed by atoms with Crippen LogP contribution in [0.3, 0.4) is 0 Å². The number of aromatic nitrogens is 2. The second-order valence-electron chi connectivity index (χ2n) is 5.23. The van der Waals surface area contributed by atoms with Crippen molar-refractivity contribution in [3.8, 4) is 0 Å². The van der Waals surface area contributed by atoms with Crippen molar-refractivity contribution in [3.05, 3.63) is 86.2 Å². The smallest absolute Gasteiger partial charge is 0.310 e. The van der Waals surface area contributed by atoms with Crippen molar-refractivity contribution in [1.29, 1.82) is 0 Å². The largest absolute Gasteiger partial charge is 0.345 e. The van der Waals surface area contributed by atoms with Crippen LogP contribution in [0.15, 0.2) is 53.6 Å². The monoisotopic (exact) mass is 374 g/mol. The molecule has 3 rings (SSSR count). The van der Waals surface area contributed by atoms with Crippen LogP contribution in [0.1, 0.15) is 15.9 Å². The molecular weight excluding hydrogens is 363 g/mol. The van der Waals surface area contributed by atoms with Gasteiger partial charge in [-0.3, -0.25) is 25.0 Å². The zero-order chi connectivity index (χ0) is 18.7. The van der Waals surface area contributed by atoms with E-state index in [1.54, 1.807) is 12.1 Å². The first kappa shape index (κ1) is 17.4. The van der Waals surface area contributed by atoms with Gasteiger partial charge in [0.15, 0.2) is 5.13 Å². The van der Waals surface area contributed by atoms with E-state index in [2.05, 4.69) is 10.3 Å². The molecule has 0 spiro atoms. The third-order valence-corrected chi connectivity index (χ3v) is 4.27. The van der Waals surface area contributed by atoms with Crippen molar-refractivity contribution >= 4 is 27.4 Å². The van der Waals surface area contributed by atoms with Gasteiger partial charge in [0.25, 0.3) is 11.5 Å². The lowest BCUT2D eigenvalue weighted by molar-refractivity contribution is -0.380. The van der Waals surface area contributed by atoms with Gasteiger partial charge in [0.2, 0.25) is 0 Å². The molecule has 26 heavy (non-hydrogen) atoms. The van der Waals surface area contributed by atoms with Crippen molar-refractivity contribution < 1.29 is 14.1 Å². The van der Waals surface area contributed by atoms with Gasteiger partial charge in [-0.1, -0.05) is 12.1 Å². The van der Waals surface area contributed by atoms with Crippen LogP contribution in [0.25, 0.3) is 0 Å². The fourth-order valence-corrected chi connectivity index (χ4v) is 2.78. The Morgan fingerprint density at radius 1 is 1.27 bits per heavy atom. The van der Waals surface area contributed by atoms with Crippen LogP contribution in [-0.2, 0) is 6.54 Å². The molecule has 1 N–H and O–H groups in total. The average molecular weight is 374 g/mol. The van der Waals surface area contributed by atoms with Crippen molar-refractivity contribution in [3.63, 3.8) is 0 Å². The Labute approximate surface area is 149 Å². The summed E-state index contributed by atoms with van der Waals surface area (Å²) in [6.45, 7) is 0.170. The summed E-state index contributed by atoms with van der Waals surface area (Å²) in [5.41, 5.74) is 0.557. The van der Waals surface area contributed by atoms with Gasteiger partial charge in [-0.25, -0.2) is 9.37 Å². The lowest BCUT2D eigenvalue weighted by Gasteiger charge is -2.08. The third kappa shape index (κ3) is 3.98. The number of hydrogen-bond acceptors (Lipinski definition) is 6. The Kier molecular flexibility index (Phi) is 4.85. The van der Waals surface area contributed by atoms with E-state index < -0.39 is 10.8 Å². The molecule has 0 aliphatic carbocycles. The molecule has 0 saturated heterocycles. The maximum atomic E-state index is 13.0. The molecule has 2 aromatic heterocycles. The van der Waals surface area contributed by atoms with Gasteiger partial charge >= 0.3 is 5.00 Å². The molecule has 1 amide bonds. The highest BCUT2D eigenvalue weighted by Crippen LogP contribution is 2.25. The Morgan fingerprint density at radius 2 is 2.00 bits per heavy atom.